The van der Waals surface area contributed by atoms with Crippen LogP contribution in [0.25, 0.3) is 0 Å². The van der Waals surface area contributed by atoms with E-state index in [9.17, 15) is 0 Å². The molecule has 0 unspecified atom stereocenters. The number of carbonyl (C=O) groups excluding carboxylic acids is 2. The maximum Gasteiger partial charge on any atom is 0.373 e. The average Bonchev–Trinajstić information content (AvgIpc) is 0.918. The van der Waals surface area contributed by atoms with Crippen molar-refractivity contribution in [2.75, 3.05) is 0 Å². The van der Waals surface area contributed by atoms with E-state index in [1.807, 2.05) is 0 Å². The molecule has 0 spiro atoms. The second-order valence-electron chi connectivity index (χ2n) is 0.0833. The number of hydrogen-bond donors (Lipinski definition) is 0. The van der Waals surface area contributed by atoms with E-state index in [-0.39, 0.29) is 75.0 Å². The fraction of sp³-hybridized carbons (Fsp3) is 0. The fourth-order valence-electron chi connectivity index (χ4n) is 0. The van der Waals surface area contributed by atoms with Crippen molar-refractivity contribution in [1.82, 2.24) is 0 Å². The summed E-state index contributed by atoms with van der Waals surface area (Å²) in [5.41, 5.74) is 0. The Morgan fingerprint density at radius 1 is 1.25 bits per heavy atom. The first-order valence-electron chi connectivity index (χ1n) is 0.408. The molecule has 0 N–H and O–H groups in total. The van der Waals surface area contributed by atoms with E-state index in [0.29, 0.717) is 0 Å². The molecule has 0 rings (SSSR count). The summed E-state index contributed by atoms with van der Waals surface area (Å²) in [5.74, 6) is 0. The van der Waals surface area contributed by atoms with E-state index in [1.165, 1.54) is 0 Å². The maximum absolute atomic E-state index is 8.12. The van der Waals surface area contributed by atoms with Gasteiger partial charge in [-0.15, -0.1) is 0 Å². The van der Waals surface area contributed by atoms with Crippen molar-refractivity contribution in [3.63, 3.8) is 0 Å². The van der Waals surface area contributed by atoms with E-state index >= 15 is 0 Å². The summed E-state index contributed by atoms with van der Waals surface area (Å²) in [6.45, 7) is 0. The van der Waals surface area contributed by atoms with Gasteiger partial charge in [0.2, 0.25) is 0 Å². The van der Waals surface area contributed by atoms with Crippen LogP contribution in [0.1, 0.15) is 0 Å². The van der Waals surface area contributed by atoms with E-state index in [4.69, 9.17) is 9.59 Å². The van der Waals surface area contributed by atoms with Crippen LogP contribution in [0.15, 0.2) is 0 Å². The van der Waals surface area contributed by atoms with Crippen molar-refractivity contribution in [3.05, 3.63) is 0 Å². The zero-order valence-corrected chi connectivity index (χ0v) is 8.60. The average molecular weight is 177 g/mol. The molecular weight excluding hydrogens is 177 g/mol. The molecule has 0 atom stereocenters. The van der Waals surface area contributed by atoms with Gasteiger partial charge in [-0.05, 0) is 0 Å². The van der Waals surface area contributed by atoms with Gasteiger partial charge in [-0.25, -0.2) is 0 Å². The molecule has 0 aliphatic carbocycles. The van der Waals surface area contributed by atoms with E-state index in [1.54, 1.807) is 0 Å². The molecule has 0 aliphatic rings. The summed E-state index contributed by atoms with van der Waals surface area (Å²) >= 11 is 0. The molecule has 0 aromatic heterocycles. The number of hydrogen-bond acceptors (Lipinski definition) is 2. The van der Waals surface area contributed by atoms with E-state index in [0.717, 1.165) is 0 Å². The van der Waals surface area contributed by atoms with Gasteiger partial charge in [0.25, 0.3) is 0 Å². The van der Waals surface area contributed by atoms with Crippen molar-refractivity contribution in [1.29, 1.82) is 0 Å². The molecule has 17 valence electrons. The SMILES string of the molecule is O=C=O.[Cs]. The second-order valence-corrected chi connectivity index (χ2v) is 0.0833. The molecule has 0 heterocycles. The molecule has 0 amide bonds. The van der Waals surface area contributed by atoms with Gasteiger partial charge in [0.1, 0.15) is 0 Å². The topological polar surface area (TPSA) is 34.1 Å². The van der Waals surface area contributed by atoms with Crippen LogP contribution in [0.4, 0.5) is 0 Å². The molecule has 4 heavy (non-hydrogen) atoms. The van der Waals surface area contributed by atoms with Crippen LogP contribution in [0.5, 0.6) is 0 Å². The summed E-state index contributed by atoms with van der Waals surface area (Å²) in [6, 6.07) is 0. The minimum Gasteiger partial charge on any atom is -0.186 e. The predicted molar refractivity (Wildman–Crippen MR) is 10.8 cm³/mol. The molecule has 1 radical (unpaired) electrons. The molecular formula is CCsO2. The Kier molecular flexibility index (Phi) is 20.0. The molecule has 0 fully saturated rings. The standard InChI is InChI=1S/CO2.Cs/c2-1-3;. The van der Waals surface area contributed by atoms with Crippen LogP contribution in [0.3, 0.4) is 0 Å². The fourth-order valence-corrected chi connectivity index (χ4v) is 0. The van der Waals surface area contributed by atoms with Gasteiger partial charge < -0.3 is 0 Å². The minimum absolute atomic E-state index is 0. The predicted octanol–water partition coefficient (Wildman–Crippen LogP) is -0.964. The normalized spacial score (nSPS) is 2.00. The third kappa shape index (κ3) is 9.90. The molecule has 0 saturated carbocycles. The largest absolute Gasteiger partial charge is 0.373 e. The molecule has 2 nitrogen and oxygen atoms in total. The molecule has 0 saturated heterocycles. The van der Waals surface area contributed by atoms with Gasteiger partial charge in [0.05, 0.1) is 0 Å². The van der Waals surface area contributed by atoms with Crippen LogP contribution in [-0.4, -0.2) is 75.0 Å². The smallest absolute Gasteiger partial charge is 0.186 e. The van der Waals surface area contributed by atoms with Gasteiger partial charge in [-0.3, -0.25) is 0 Å². The van der Waals surface area contributed by atoms with E-state index in [2.05, 4.69) is 0 Å². The van der Waals surface area contributed by atoms with Crippen molar-refractivity contribution in [2.45, 2.75) is 0 Å². The summed E-state index contributed by atoms with van der Waals surface area (Å²) < 4.78 is 0. The van der Waals surface area contributed by atoms with Crippen LogP contribution in [0.2, 0.25) is 0 Å². The molecule has 0 aliphatic heterocycles. The van der Waals surface area contributed by atoms with E-state index < -0.39 is 0 Å². The monoisotopic (exact) mass is 177 g/mol. The van der Waals surface area contributed by atoms with Gasteiger partial charge in [-0.1, -0.05) is 0 Å². The maximum atomic E-state index is 8.12. The first-order chi connectivity index (χ1) is 1.41. The second kappa shape index (κ2) is 8.83. The zero-order chi connectivity index (χ0) is 2.71. The van der Waals surface area contributed by atoms with Gasteiger partial charge in [0.15, 0.2) is 0 Å². The molecule has 0 bridgehead atoms. The van der Waals surface area contributed by atoms with Crippen LogP contribution in [0, 0.1) is 0 Å². The van der Waals surface area contributed by atoms with Crippen LogP contribution >= 0.6 is 0 Å². The third-order valence-electron chi connectivity index (χ3n) is 0. The third-order valence-corrected chi connectivity index (χ3v) is 0. The summed E-state index contributed by atoms with van der Waals surface area (Å²) in [7, 11) is 0. The summed E-state index contributed by atoms with van der Waals surface area (Å²) in [4.78, 5) is 16.2. The Hall–Kier alpha value is 1.43. The Morgan fingerprint density at radius 3 is 1.25 bits per heavy atom. The van der Waals surface area contributed by atoms with Gasteiger partial charge in [0, 0.05) is 68.9 Å². The van der Waals surface area contributed by atoms with Crippen molar-refractivity contribution >= 4 is 75.0 Å². The van der Waals surface area contributed by atoms with Crippen molar-refractivity contribution < 1.29 is 9.59 Å². The first kappa shape index (κ1) is 9.06. The van der Waals surface area contributed by atoms with Crippen LogP contribution < -0.4 is 0 Å². The minimum atomic E-state index is 0. The quantitative estimate of drug-likeness (QED) is 0.477. The number of rotatable bonds is 0. The first-order valence-corrected chi connectivity index (χ1v) is 0.408. The van der Waals surface area contributed by atoms with Gasteiger partial charge >= 0.3 is 6.15 Å². The van der Waals surface area contributed by atoms with Crippen LogP contribution in [-0.2, 0) is 9.59 Å². The summed E-state index contributed by atoms with van der Waals surface area (Å²) in [6.07, 6.45) is 0.250. The Morgan fingerprint density at radius 2 is 1.25 bits per heavy atom. The Bertz CT molecular complexity index is 27.0. The van der Waals surface area contributed by atoms with Crippen molar-refractivity contribution in [2.24, 2.45) is 0 Å². The van der Waals surface area contributed by atoms with Crippen molar-refractivity contribution in [3.8, 4) is 0 Å². The molecule has 3 heteroatoms. The molecule has 0 aromatic rings. The van der Waals surface area contributed by atoms with Gasteiger partial charge in [-0.2, -0.15) is 9.59 Å². The molecule has 0 aromatic carbocycles. The zero-order valence-electron chi connectivity index (χ0n) is 2.32. The summed E-state index contributed by atoms with van der Waals surface area (Å²) in [5, 5.41) is 0. The Balaban J connectivity index is 0. The Labute approximate surface area is 82.4 Å².